The van der Waals surface area contributed by atoms with Gasteiger partial charge in [-0.1, -0.05) is 6.07 Å². The number of rotatable bonds is 3. The molecule has 0 atom stereocenters. The van der Waals surface area contributed by atoms with E-state index in [1.165, 1.54) is 16.4 Å². The van der Waals surface area contributed by atoms with Crippen molar-refractivity contribution in [2.75, 3.05) is 20.1 Å². The first-order valence-electron chi connectivity index (χ1n) is 6.24. The molecule has 1 aromatic rings. The molecule has 1 fully saturated rings. The minimum absolute atomic E-state index is 0. The second-order valence-electron chi connectivity index (χ2n) is 4.64. The van der Waals surface area contributed by atoms with Crippen LogP contribution in [-0.4, -0.2) is 38.9 Å². The van der Waals surface area contributed by atoms with Gasteiger partial charge in [-0.25, -0.2) is 8.42 Å². The molecule has 1 aliphatic heterocycles. The largest absolute Gasteiger partial charge is 0.317 e. The van der Waals surface area contributed by atoms with E-state index in [1.54, 1.807) is 19.2 Å². The second kappa shape index (κ2) is 7.04. The lowest BCUT2D eigenvalue weighted by molar-refractivity contribution is 0.296. The molecule has 0 amide bonds. The van der Waals surface area contributed by atoms with Crippen LogP contribution in [-0.2, 0) is 10.0 Å². The van der Waals surface area contributed by atoms with Crippen molar-refractivity contribution in [3.05, 3.63) is 29.8 Å². The zero-order chi connectivity index (χ0) is 13.9. The first-order valence-corrected chi connectivity index (χ1v) is 7.68. The first-order chi connectivity index (χ1) is 9.05. The maximum Gasteiger partial charge on any atom is 0.243 e. The summed E-state index contributed by atoms with van der Waals surface area (Å²) < 4.78 is 26.4. The van der Waals surface area contributed by atoms with Crippen LogP contribution in [0.15, 0.2) is 29.2 Å². The molecule has 1 heterocycles. The van der Waals surface area contributed by atoms with Crippen molar-refractivity contribution in [2.45, 2.75) is 23.8 Å². The number of halogens is 1. The van der Waals surface area contributed by atoms with E-state index in [0.717, 1.165) is 25.9 Å². The number of hydrogen-bond acceptors (Lipinski definition) is 4. The van der Waals surface area contributed by atoms with Gasteiger partial charge in [-0.2, -0.15) is 9.57 Å². The van der Waals surface area contributed by atoms with E-state index in [0.29, 0.717) is 5.56 Å². The van der Waals surface area contributed by atoms with Crippen LogP contribution in [0.1, 0.15) is 18.4 Å². The summed E-state index contributed by atoms with van der Waals surface area (Å²) in [6.07, 6.45) is 1.63. The normalized spacial score (nSPS) is 16.4. The van der Waals surface area contributed by atoms with Crippen molar-refractivity contribution in [1.29, 1.82) is 5.26 Å². The fourth-order valence-corrected chi connectivity index (χ4v) is 3.72. The third-order valence-electron chi connectivity index (χ3n) is 3.46. The number of benzene rings is 1. The molecule has 0 spiro atoms. The smallest absolute Gasteiger partial charge is 0.243 e. The Kier molecular flexibility index (Phi) is 5.96. The minimum Gasteiger partial charge on any atom is -0.317 e. The molecule has 0 bridgehead atoms. The topological polar surface area (TPSA) is 73.2 Å². The van der Waals surface area contributed by atoms with Crippen LogP contribution in [0, 0.1) is 11.3 Å². The van der Waals surface area contributed by atoms with Crippen molar-refractivity contribution in [2.24, 2.45) is 0 Å². The molecular weight excluding hydrogens is 298 g/mol. The fraction of sp³-hybridized carbons (Fsp3) is 0.462. The summed E-state index contributed by atoms with van der Waals surface area (Å²) in [5, 5.41) is 12.1. The average molecular weight is 316 g/mol. The van der Waals surface area contributed by atoms with Crippen molar-refractivity contribution in [3.8, 4) is 6.07 Å². The Hall–Kier alpha value is -1.13. The summed E-state index contributed by atoms with van der Waals surface area (Å²) in [5.74, 6) is 0. The first kappa shape index (κ1) is 16.9. The molecule has 0 unspecified atom stereocenters. The molecule has 5 nitrogen and oxygen atoms in total. The highest BCUT2D eigenvalue weighted by Crippen LogP contribution is 2.21. The highest BCUT2D eigenvalue weighted by atomic mass is 35.5. The quantitative estimate of drug-likeness (QED) is 0.914. The maximum atomic E-state index is 12.5. The monoisotopic (exact) mass is 315 g/mol. The molecule has 1 saturated heterocycles. The van der Waals surface area contributed by atoms with Crippen molar-refractivity contribution in [3.63, 3.8) is 0 Å². The van der Waals surface area contributed by atoms with Crippen LogP contribution in [0.25, 0.3) is 0 Å². The maximum absolute atomic E-state index is 12.5. The molecule has 20 heavy (non-hydrogen) atoms. The third-order valence-corrected chi connectivity index (χ3v) is 5.37. The molecule has 2 rings (SSSR count). The van der Waals surface area contributed by atoms with Gasteiger partial charge in [0.15, 0.2) is 0 Å². The Morgan fingerprint density at radius 1 is 1.35 bits per heavy atom. The van der Waals surface area contributed by atoms with Crippen LogP contribution < -0.4 is 5.32 Å². The van der Waals surface area contributed by atoms with Gasteiger partial charge >= 0.3 is 0 Å². The number of nitriles is 1. The van der Waals surface area contributed by atoms with Gasteiger partial charge in [-0.05, 0) is 44.1 Å². The molecule has 110 valence electrons. The summed E-state index contributed by atoms with van der Waals surface area (Å²) in [6.45, 7) is 1.67. The highest BCUT2D eigenvalue weighted by molar-refractivity contribution is 7.89. The lowest BCUT2D eigenvalue weighted by Gasteiger charge is -2.30. The number of hydrogen-bond donors (Lipinski definition) is 1. The molecule has 0 radical (unpaired) electrons. The lowest BCUT2D eigenvalue weighted by Crippen LogP contribution is -2.43. The Bertz CT molecular complexity index is 592. The Morgan fingerprint density at radius 2 is 2.00 bits per heavy atom. The summed E-state index contributed by atoms with van der Waals surface area (Å²) >= 11 is 0. The van der Waals surface area contributed by atoms with Crippen LogP contribution in [0.3, 0.4) is 0 Å². The average Bonchev–Trinajstić information content (AvgIpc) is 2.47. The van der Waals surface area contributed by atoms with Crippen LogP contribution in [0.2, 0.25) is 0 Å². The van der Waals surface area contributed by atoms with E-state index in [2.05, 4.69) is 5.32 Å². The molecule has 1 N–H and O–H groups in total. The van der Waals surface area contributed by atoms with E-state index in [-0.39, 0.29) is 23.3 Å². The van der Waals surface area contributed by atoms with Gasteiger partial charge in [0.1, 0.15) is 0 Å². The molecule has 1 aliphatic rings. The van der Waals surface area contributed by atoms with Gasteiger partial charge in [-0.3, -0.25) is 0 Å². The van der Waals surface area contributed by atoms with E-state index in [1.807, 2.05) is 6.07 Å². The van der Waals surface area contributed by atoms with Crippen LogP contribution in [0.4, 0.5) is 0 Å². The molecule has 0 aromatic heterocycles. The number of nitrogens with zero attached hydrogens (tertiary/aromatic N) is 2. The predicted octanol–water partition coefficient (Wildman–Crippen LogP) is 1.35. The van der Waals surface area contributed by atoms with E-state index in [4.69, 9.17) is 5.26 Å². The lowest BCUT2D eigenvalue weighted by atomic mass is 10.1. The Balaban J connectivity index is 0.00000200. The summed E-state index contributed by atoms with van der Waals surface area (Å²) in [5.41, 5.74) is 0.361. The molecule has 0 aliphatic carbocycles. The van der Waals surface area contributed by atoms with Gasteiger partial charge < -0.3 is 5.32 Å². The van der Waals surface area contributed by atoms with Crippen molar-refractivity contribution >= 4 is 22.4 Å². The van der Waals surface area contributed by atoms with Gasteiger partial charge in [0, 0.05) is 13.1 Å². The summed E-state index contributed by atoms with van der Waals surface area (Å²) in [7, 11) is -1.90. The molecule has 1 aromatic carbocycles. The minimum atomic E-state index is -3.52. The van der Waals surface area contributed by atoms with Gasteiger partial charge in [0.2, 0.25) is 10.0 Å². The van der Waals surface area contributed by atoms with E-state index < -0.39 is 10.0 Å². The summed E-state index contributed by atoms with van der Waals surface area (Å²) in [4.78, 5) is 0.188. The number of piperidine rings is 1. The number of nitrogens with one attached hydrogen (secondary N) is 1. The predicted molar refractivity (Wildman–Crippen MR) is 79.2 cm³/mol. The Morgan fingerprint density at radius 3 is 2.60 bits per heavy atom. The van der Waals surface area contributed by atoms with E-state index >= 15 is 0 Å². The summed E-state index contributed by atoms with van der Waals surface area (Å²) in [6, 6.07) is 8.15. The fourth-order valence-electron chi connectivity index (χ4n) is 2.26. The molecule has 7 heteroatoms. The van der Waals surface area contributed by atoms with E-state index in [9.17, 15) is 8.42 Å². The standard InChI is InChI=1S/C13H17N3O2S.ClH/c1-16(12-5-7-15-8-6-12)19(17,18)13-4-2-3-11(9-13)10-14;/h2-4,9,12,15H,5-8H2,1H3;1H. The van der Waals surface area contributed by atoms with Crippen LogP contribution >= 0.6 is 12.4 Å². The Labute approximate surface area is 126 Å². The SMILES string of the molecule is CN(C1CCNCC1)S(=O)(=O)c1cccc(C#N)c1.Cl. The zero-order valence-electron chi connectivity index (χ0n) is 11.2. The molecule has 0 saturated carbocycles. The van der Waals surface area contributed by atoms with Crippen molar-refractivity contribution < 1.29 is 8.42 Å². The van der Waals surface area contributed by atoms with Crippen LogP contribution in [0.5, 0.6) is 0 Å². The van der Waals surface area contributed by atoms with Gasteiger partial charge in [0.25, 0.3) is 0 Å². The molecular formula is C13H18ClN3O2S. The highest BCUT2D eigenvalue weighted by Gasteiger charge is 2.28. The van der Waals surface area contributed by atoms with Gasteiger partial charge in [0.05, 0.1) is 16.5 Å². The van der Waals surface area contributed by atoms with Gasteiger partial charge in [-0.15, -0.1) is 12.4 Å². The second-order valence-corrected chi connectivity index (χ2v) is 6.64. The zero-order valence-corrected chi connectivity index (χ0v) is 12.9. The van der Waals surface area contributed by atoms with Crippen molar-refractivity contribution in [1.82, 2.24) is 9.62 Å². The third kappa shape index (κ3) is 3.49. The number of sulfonamides is 1.